The molecule has 1 amide bonds. The highest BCUT2D eigenvalue weighted by atomic mass is 16.5. The molecule has 1 saturated carbocycles. The molecule has 1 aliphatic rings. The molecular weight excluding hydrogens is 286 g/mol. The van der Waals surface area contributed by atoms with Gasteiger partial charge in [0.25, 0.3) is 5.91 Å². The van der Waals surface area contributed by atoms with Gasteiger partial charge in [0, 0.05) is 31.7 Å². The fourth-order valence-corrected chi connectivity index (χ4v) is 1.94. The van der Waals surface area contributed by atoms with Crippen LogP contribution in [0.5, 0.6) is 5.75 Å². The number of hydrogen-bond donors (Lipinski definition) is 1. The molecule has 0 aromatic heterocycles. The number of nitrogens with one attached hydrogen (secondary N) is 1. The number of esters is 1. The van der Waals surface area contributed by atoms with Crippen LogP contribution in [0, 0.1) is 0 Å². The fraction of sp³-hybridized carbons (Fsp3) is 0.500. The highest BCUT2D eigenvalue weighted by Crippen LogP contribution is 2.22. The summed E-state index contributed by atoms with van der Waals surface area (Å²) < 4.78 is 15.3. The van der Waals surface area contributed by atoms with E-state index in [0.29, 0.717) is 30.1 Å². The molecule has 2 rings (SSSR count). The predicted molar refractivity (Wildman–Crippen MR) is 80.3 cm³/mol. The number of benzene rings is 1. The topological polar surface area (TPSA) is 73.9 Å². The molecule has 0 aliphatic heterocycles. The SMILES string of the molecule is COCCCOc1cc(C(=O)NC2CC2)cc(C(=O)OC)c1. The maximum Gasteiger partial charge on any atom is 0.338 e. The Kier molecular flexibility index (Phi) is 5.77. The first-order valence-electron chi connectivity index (χ1n) is 7.30. The lowest BCUT2D eigenvalue weighted by Crippen LogP contribution is -2.25. The van der Waals surface area contributed by atoms with Crippen molar-refractivity contribution in [3.8, 4) is 5.75 Å². The lowest BCUT2D eigenvalue weighted by Gasteiger charge is -2.10. The summed E-state index contributed by atoms with van der Waals surface area (Å²) in [5, 5.41) is 2.89. The Morgan fingerprint density at radius 2 is 1.86 bits per heavy atom. The minimum Gasteiger partial charge on any atom is -0.493 e. The van der Waals surface area contributed by atoms with Crippen LogP contribution in [0.1, 0.15) is 40.0 Å². The van der Waals surface area contributed by atoms with Crippen molar-refractivity contribution >= 4 is 11.9 Å². The Hall–Kier alpha value is -2.08. The second kappa shape index (κ2) is 7.79. The van der Waals surface area contributed by atoms with Crippen LogP contribution >= 0.6 is 0 Å². The fourth-order valence-electron chi connectivity index (χ4n) is 1.94. The number of hydrogen-bond acceptors (Lipinski definition) is 5. The van der Waals surface area contributed by atoms with Gasteiger partial charge in [-0.3, -0.25) is 4.79 Å². The van der Waals surface area contributed by atoms with E-state index in [1.165, 1.54) is 13.2 Å². The highest BCUT2D eigenvalue weighted by molar-refractivity contribution is 5.98. The van der Waals surface area contributed by atoms with Crippen LogP contribution in [0.15, 0.2) is 18.2 Å². The number of methoxy groups -OCH3 is 2. The number of rotatable bonds is 8. The highest BCUT2D eigenvalue weighted by Gasteiger charge is 2.24. The molecule has 0 heterocycles. The molecule has 0 unspecified atom stereocenters. The first kappa shape index (κ1) is 16.3. The first-order valence-corrected chi connectivity index (χ1v) is 7.30. The van der Waals surface area contributed by atoms with Gasteiger partial charge < -0.3 is 19.5 Å². The third-order valence-corrected chi connectivity index (χ3v) is 3.26. The van der Waals surface area contributed by atoms with Gasteiger partial charge >= 0.3 is 5.97 Å². The molecule has 120 valence electrons. The molecule has 1 aliphatic carbocycles. The van der Waals surface area contributed by atoms with Gasteiger partial charge in [-0.2, -0.15) is 0 Å². The van der Waals surface area contributed by atoms with Crippen LogP contribution in [-0.4, -0.2) is 45.4 Å². The van der Waals surface area contributed by atoms with E-state index in [1.807, 2.05) is 0 Å². The molecule has 22 heavy (non-hydrogen) atoms. The van der Waals surface area contributed by atoms with E-state index in [-0.39, 0.29) is 11.9 Å². The predicted octanol–water partition coefficient (Wildman–Crippen LogP) is 1.78. The van der Waals surface area contributed by atoms with E-state index in [4.69, 9.17) is 14.2 Å². The molecule has 0 radical (unpaired) electrons. The summed E-state index contributed by atoms with van der Waals surface area (Å²) in [5.41, 5.74) is 0.698. The molecule has 1 aromatic carbocycles. The van der Waals surface area contributed by atoms with Gasteiger partial charge in [-0.1, -0.05) is 0 Å². The van der Waals surface area contributed by atoms with E-state index >= 15 is 0 Å². The molecule has 6 heteroatoms. The lowest BCUT2D eigenvalue weighted by atomic mass is 10.1. The Labute approximate surface area is 129 Å². The summed E-state index contributed by atoms with van der Waals surface area (Å²) in [6.45, 7) is 1.04. The van der Waals surface area contributed by atoms with Gasteiger partial charge in [0.1, 0.15) is 5.75 Å². The van der Waals surface area contributed by atoms with Gasteiger partial charge in [-0.05, 0) is 31.0 Å². The average Bonchev–Trinajstić information content (AvgIpc) is 3.34. The zero-order chi connectivity index (χ0) is 15.9. The summed E-state index contributed by atoms with van der Waals surface area (Å²) in [5.74, 6) is -0.224. The number of carbonyl (C=O) groups excluding carboxylic acids is 2. The Bertz CT molecular complexity index is 539. The Balaban J connectivity index is 2.12. The Morgan fingerprint density at radius 3 is 2.50 bits per heavy atom. The molecule has 0 spiro atoms. The van der Waals surface area contributed by atoms with E-state index in [2.05, 4.69) is 5.32 Å². The van der Waals surface area contributed by atoms with Crippen LogP contribution in [0.25, 0.3) is 0 Å². The zero-order valence-corrected chi connectivity index (χ0v) is 12.9. The van der Waals surface area contributed by atoms with E-state index in [1.54, 1.807) is 19.2 Å². The molecule has 6 nitrogen and oxygen atoms in total. The number of ether oxygens (including phenoxy) is 3. The smallest absolute Gasteiger partial charge is 0.338 e. The van der Waals surface area contributed by atoms with Crippen LogP contribution in [0.3, 0.4) is 0 Å². The van der Waals surface area contributed by atoms with E-state index in [9.17, 15) is 9.59 Å². The molecule has 1 N–H and O–H groups in total. The minimum absolute atomic E-state index is 0.199. The second-order valence-electron chi connectivity index (χ2n) is 5.18. The van der Waals surface area contributed by atoms with Crippen LogP contribution in [-0.2, 0) is 9.47 Å². The van der Waals surface area contributed by atoms with Crippen LogP contribution < -0.4 is 10.1 Å². The van der Waals surface area contributed by atoms with Gasteiger partial charge in [-0.15, -0.1) is 0 Å². The van der Waals surface area contributed by atoms with Crippen LogP contribution in [0.4, 0.5) is 0 Å². The number of amides is 1. The molecular formula is C16H21NO5. The molecule has 0 saturated heterocycles. The van der Waals surface area contributed by atoms with Gasteiger partial charge in [-0.25, -0.2) is 4.79 Å². The third kappa shape index (κ3) is 4.73. The van der Waals surface area contributed by atoms with Crippen molar-refractivity contribution in [2.75, 3.05) is 27.4 Å². The quantitative estimate of drug-likeness (QED) is 0.585. The molecule has 0 bridgehead atoms. The van der Waals surface area contributed by atoms with E-state index < -0.39 is 5.97 Å². The summed E-state index contributed by atoms with van der Waals surface area (Å²) in [4.78, 5) is 23.9. The van der Waals surface area contributed by atoms with Crippen molar-refractivity contribution in [2.24, 2.45) is 0 Å². The monoisotopic (exact) mass is 307 g/mol. The van der Waals surface area contributed by atoms with Gasteiger partial charge in [0.05, 0.1) is 19.3 Å². The minimum atomic E-state index is -0.497. The normalized spacial score (nSPS) is 13.5. The summed E-state index contributed by atoms with van der Waals surface area (Å²) in [6.07, 6.45) is 2.73. The maximum atomic E-state index is 12.1. The summed E-state index contributed by atoms with van der Waals surface area (Å²) >= 11 is 0. The van der Waals surface area contributed by atoms with Crippen molar-refractivity contribution in [1.82, 2.24) is 5.32 Å². The van der Waals surface area contributed by atoms with E-state index in [0.717, 1.165) is 19.3 Å². The third-order valence-electron chi connectivity index (χ3n) is 3.26. The number of carbonyl (C=O) groups is 2. The van der Waals surface area contributed by atoms with Gasteiger partial charge in [0.15, 0.2) is 0 Å². The molecule has 1 aromatic rings. The molecule has 0 atom stereocenters. The standard InChI is InChI=1S/C16H21NO5/c1-20-6-3-7-22-14-9-11(15(18)17-13-4-5-13)8-12(10-14)16(19)21-2/h8-10,13H,3-7H2,1-2H3,(H,17,18). The average molecular weight is 307 g/mol. The van der Waals surface area contributed by atoms with Crippen molar-refractivity contribution in [1.29, 1.82) is 0 Å². The first-order chi connectivity index (χ1) is 10.6. The molecule has 1 fully saturated rings. The van der Waals surface area contributed by atoms with Crippen molar-refractivity contribution in [3.63, 3.8) is 0 Å². The Morgan fingerprint density at radius 1 is 1.14 bits per heavy atom. The lowest BCUT2D eigenvalue weighted by molar-refractivity contribution is 0.0600. The largest absolute Gasteiger partial charge is 0.493 e. The van der Waals surface area contributed by atoms with Crippen molar-refractivity contribution < 1.29 is 23.8 Å². The summed E-state index contributed by atoms with van der Waals surface area (Å²) in [7, 11) is 2.93. The maximum absolute atomic E-state index is 12.1. The van der Waals surface area contributed by atoms with Crippen molar-refractivity contribution in [2.45, 2.75) is 25.3 Å². The van der Waals surface area contributed by atoms with Crippen LogP contribution in [0.2, 0.25) is 0 Å². The van der Waals surface area contributed by atoms with Crippen molar-refractivity contribution in [3.05, 3.63) is 29.3 Å². The zero-order valence-electron chi connectivity index (χ0n) is 12.9. The van der Waals surface area contributed by atoms with Gasteiger partial charge in [0.2, 0.25) is 0 Å². The summed E-state index contributed by atoms with van der Waals surface area (Å²) in [6, 6.07) is 4.98. The second-order valence-corrected chi connectivity index (χ2v) is 5.18.